The lowest BCUT2D eigenvalue weighted by atomic mass is 9.90. The lowest BCUT2D eigenvalue weighted by Crippen LogP contribution is -2.35. The molecule has 2 aromatic rings. The number of aryl methyl sites for hydroxylation is 1. The van der Waals surface area contributed by atoms with Gasteiger partial charge in [-0.1, -0.05) is 56.7 Å². The highest BCUT2D eigenvalue weighted by molar-refractivity contribution is 5.43. The number of piperidine rings is 1. The first kappa shape index (κ1) is 21.7. The minimum absolute atomic E-state index is 0.659. The standard InChI is InChI=1S/C23H29NO2.C3H8/c1-2-5-19(6-3-1)17-21-10-13-24(14-11-21)12-4-7-20-8-9-22-23(18-20)26-16-15-25-22;1-3-2/h1-3,5-6,8-9,18,21H,4,7,10-17H2;3H2,1-2H3. The fourth-order valence-corrected chi connectivity index (χ4v) is 4.11. The molecule has 158 valence electrons. The van der Waals surface area contributed by atoms with Gasteiger partial charge in [-0.2, -0.15) is 0 Å². The smallest absolute Gasteiger partial charge is 0.161 e. The number of hydrogen-bond donors (Lipinski definition) is 0. The summed E-state index contributed by atoms with van der Waals surface area (Å²) >= 11 is 0. The number of nitrogens with zero attached hydrogens (tertiary/aromatic N) is 1. The van der Waals surface area contributed by atoms with Gasteiger partial charge in [-0.3, -0.25) is 0 Å². The van der Waals surface area contributed by atoms with Gasteiger partial charge in [-0.15, -0.1) is 0 Å². The monoisotopic (exact) mass is 395 g/mol. The summed E-state index contributed by atoms with van der Waals surface area (Å²) in [6, 6.07) is 17.3. The van der Waals surface area contributed by atoms with Crippen molar-refractivity contribution in [2.45, 2.75) is 52.4 Å². The van der Waals surface area contributed by atoms with Crippen LogP contribution in [0.4, 0.5) is 0 Å². The summed E-state index contributed by atoms with van der Waals surface area (Å²) in [5.74, 6) is 2.66. The van der Waals surface area contributed by atoms with Gasteiger partial charge in [0.2, 0.25) is 0 Å². The summed E-state index contributed by atoms with van der Waals surface area (Å²) in [6.45, 7) is 9.27. The minimum Gasteiger partial charge on any atom is -0.486 e. The largest absolute Gasteiger partial charge is 0.486 e. The summed E-state index contributed by atoms with van der Waals surface area (Å²) in [7, 11) is 0. The Kier molecular flexibility index (Phi) is 8.88. The highest BCUT2D eigenvalue weighted by Gasteiger charge is 2.19. The van der Waals surface area contributed by atoms with Gasteiger partial charge >= 0.3 is 0 Å². The number of likely N-dealkylation sites (tertiary alicyclic amines) is 1. The second-order valence-electron chi connectivity index (χ2n) is 8.26. The third-order valence-corrected chi connectivity index (χ3v) is 5.62. The van der Waals surface area contributed by atoms with E-state index in [2.05, 4.69) is 67.3 Å². The summed E-state index contributed by atoms with van der Waals surface area (Å²) in [5.41, 5.74) is 2.85. The van der Waals surface area contributed by atoms with Gasteiger partial charge in [0.1, 0.15) is 13.2 Å². The third kappa shape index (κ3) is 7.08. The summed E-state index contributed by atoms with van der Waals surface area (Å²) < 4.78 is 11.3. The molecule has 0 amide bonds. The first-order chi connectivity index (χ1) is 14.3. The van der Waals surface area contributed by atoms with Crippen LogP contribution in [0, 0.1) is 5.92 Å². The molecule has 2 heterocycles. The predicted octanol–water partition coefficient (Wildman–Crippen LogP) is 5.76. The molecule has 1 fully saturated rings. The molecule has 0 saturated carbocycles. The van der Waals surface area contributed by atoms with Gasteiger partial charge in [0.25, 0.3) is 0 Å². The number of rotatable bonds is 6. The zero-order valence-corrected chi connectivity index (χ0v) is 18.2. The minimum atomic E-state index is 0.659. The molecular formula is C26H37NO2. The highest BCUT2D eigenvalue weighted by Crippen LogP contribution is 2.31. The molecule has 29 heavy (non-hydrogen) atoms. The van der Waals surface area contributed by atoms with Crippen molar-refractivity contribution in [1.29, 1.82) is 0 Å². The van der Waals surface area contributed by atoms with Gasteiger partial charge in [0.05, 0.1) is 0 Å². The van der Waals surface area contributed by atoms with Crippen LogP contribution in [0.3, 0.4) is 0 Å². The van der Waals surface area contributed by atoms with Gasteiger partial charge < -0.3 is 14.4 Å². The van der Waals surface area contributed by atoms with Crippen LogP contribution in [-0.2, 0) is 12.8 Å². The van der Waals surface area contributed by atoms with E-state index in [9.17, 15) is 0 Å². The Bertz CT molecular complexity index is 708. The molecule has 0 atom stereocenters. The molecule has 1 saturated heterocycles. The van der Waals surface area contributed by atoms with E-state index in [0.717, 1.165) is 23.8 Å². The molecule has 0 spiro atoms. The Morgan fingerprint density at radius 3 is 2.28 bits per heavy atom. The lowest BCUT2D eigenvalue weighted by Gasteiger charge is -2.32. The van der Waals surface area contributed by atoms with Crippen LogP contribution in [0.1, 0.15) is 50.7 Å². The molecule has 2 aliphatic rings. The zero-order chi connectivity index (χ0) is 20.3. The molecule has 0 unspecified atom stereocenters. The molecular weight excluding hydrogens is 358 g/mol. The molecule has 3 heteroatoms. The maximum absolute atomic E-state index is 5.69. The van der Waals surface area contributed by atoms with Crippen molar-refractivity contribution >= 4 is 0 Å². The van der Waals surface area contributed by atoms with Gasteiger partial charge in [-0.25, -0.2) is 0 Å². The van der Waals surface area contributed by atoms with E-state index in [1.54, 1.807) is 0 Å². The van der Waals surface area contributed by atoms with Crippen LogP contribution in [0.5, 0.6) is 11.5 Å². The lowest BCUT2D eigenvalue weighted by molar-refractivity contribution is 0.171. The summed E-state index contributed by atoms with van der Waals surface area (Å²) in [5, 5.41) is 0. The quantitative estimate of drug-likeness (QED) is 0.620. The van der Waals surface area contributed by atoms with Gasteiger partial charge in [-0.05, 0) is 80.9 Å². The molecule has 2 aliphatic heterocycles. The van der Waals surface area contributed by atoms with Crippen molar-refractivity contribution in [2.75, 3.05) is 32.8 Å². The Balaban J connectivity index is 0.000000755. The number of hydrogen-bond acceptors (Lipinski definition) is 3. The molecule has 0 aliphatic carbocycles. The second-order valence-corrected chi connectivity index (χ2v) is 8.26. The van der Waals surface area contributed by atoms with Gasteiger partial charge in [0.15, 0.2) is 11.5 Å². The molecule has 4 rings (SSSR count). The van der Waals surface area contributed by atoms with Crippen molar-refractivity contribution in [2.24, 2.45) is 5.92 Å². The molecule has 3 nitrogen and oxygen atoms in total. The maximum atomic E-state index is 5.69. The normalized spacial score (nSPS) is 16.8. The Morgan fingerprint density at radius 1 is 0.862 bits per heavy atom. The van der Waals surface area contributed by atoms with E-state index in [4.69, 9.17) is 9.47 Å². The third-order valence-electron chi connectivity index (χ3n) is 5.62. The molecule has 2 aromatic carbocycles. The number of benzene rings is 2. The zero-order valence-electron chi connectivity index (χ0n) is 18.2. The van der Waals surface area contributed by atoms with Crippen molar-refractivity contribution in [3.8, 4) is 11.5 Å². The van der Waals surface area contributed by atoms with Crippen LogP contribution >= 0.6 is 0 Å². The van der Waals surface area contributed by atoms with E-state index < -0.39 is 0 Å². The number of fused-ring (bicyclic) bond motifs is 1. The Morgan fingerprint density at radius 2 is 1.55 bits per heavy atom. The average Bonchev–Trinajstić information content (AvgIpc) is 2.76. The van der Waals surface area contributed by atoms with E-state index in [-0.39, 0.29) is 0 Å². The van der Waals surface area contributed by atoms with Crippen LogP contribution in [0.25, 0.3) is 0 Å². The Hall–Kier alpha value is -2.00. The number of ether oxygens (including phenoxy) is 2. The fourth-order valence-electron chi connectivity index (χ4n) is 4.11. The van der Waals surface area contributed by atoms with Gasteiger partial charge in [0, 0.05) is 0 Å². The molecule has 0 aromatic heterocycles. The molecule has 0 N–H and O–H groups in total. The van der Waals surface area contributed by atoms with Crippen LogP contribution in [-0.4, -0.2) is 37.7 Å². The second kappa shape index (κ2) is 11.9. The molecule has 0 bridgehead atoms. The van der Waals surface area contributed by atoms with Crippen molar-refractivity contribution in [1.82, 2.24) is 4.90 Å². The van der Waals surface area contributed by atoms with Crippen molar-refractivity contribution in [3.05, 3.63) is 59.7 Å². The highest BCUT2D eigenvalue weighted by atomic mass is 16.6. The topological polar surface area (TPSA) is 21.7 Å². The van der Waals surface area contributed by atoms with E-state index in [1.807, 2.05) is 0 Å². The Labute approximate surface area is 177 Å². The molecule has 0 radical (unpaired) electrons. The summed E-state index contributed by atoms with van der Waals surface area (Å²) in [6.07, 6.45) is 7.48. The van der Waals surface area contributed by atoms with Crippen molar-refractivity contribution in [3.63, 3.8) is 0 Å². The van der Waals surface area contributed by atoms with Crippen LogP contribution < -0.4 is 9.47 Å². The first-order valence-electron chi connectivity index (χ1n) is 11.4. The predicted molar refractivity (Wildman–Crippen MR) is 121 cm³/mol. The summed E-state index contributed by atoms with van der Waals surface area (Å²) in [4.78, 5) is 2.64. The van der Waals surface area contributed by atoms with E-state index in [0.29, 0.717) is 13.2 Å². The average molecular weight is 396 g/mol. The fraction of sp³-hybridized carbons (Fsp3) is 0.538. The van der Waals surface area contributed by atoms with Crippen molar-refractivity contribution < 1.29 is 9.47 Å². The maximum Gasteiger partial charge on any atom is 0.161 e. The van der Waals surface area contributed by atoms with Crippen LogP contribution in [0.2, 0.25) is 0 Å². The van der Waals surface area contributed by atoms with E-state index >= 15 is 0 Å². The van der Waals surface area contributed by atoms with Crippen LogP contribution in [0.15, 0.2) is 48.5 Å². The SMILES string of the molecule is CCC.c1ccc(CC2CCN(CCCc3ccc4c(c3)OCCO4)CC2)cc1. The first-order valence-corrected chi connectivity index (χ1v) is 11.4. The van der Waals surface area contributed by atoms with E-state index in [1.165, 1.54) is 62.9 Å².